The topological polar surface area (TPSA) is 158 Å². The van der Waals surface area contributed by atoms with Gasteiger partial charge in [0, 0.05) is 12.5 Å². The lowest BCUT2D eigenvalue weighted by Gasteiger charge is -2.24. The summed E-state index contributed by atoms with van der Waals surface area (Å²) in [4.78, 5) is 27.4. The number of fused-ring (bicyclic) bond motifs is 1. The molecule has 1 saturated heterocycles. The van der Waals surface area contributed by atoms with Crippen LogP contribution in [0.5, 0.6) is 0 Å². The molecule has 2 fully saturated rings. The number of aliphatic hydroxyl groups is 2. The molecule has 1 saturated carbocycles. The van der Waals surface area contributed by atoms with E-state index in [1.807, 2.05) is 0 Å². The Balaban J connectivity index is 1.56. The van der Waals surface area contributed by atoms with E-state index in [0.29, 0.717) is 23.0 Å². The molecule has 27 heavy (non-hydrogen) atoms. The van der Waals surface area contributed by atoms with Gasteiger partial charge in [-0.3, -0.25) is 4.57 Å². The maximum Gasteiger partial charge on any atom is 0.294 e. The van der Waals surface area contributed by atoms with Crippen LogP contribution in [0.2, 0.25) is 0 Å². The van der Waals surface area contributed by atoms with Gasteiger partial charge < -0.3 is 25.1 Å². The molecule has 3 atom stereocenters. The molecule has 2 aliphatic rings. The average Bonchev–Trinajstić information content (AvgIpc) is 3.34. The second-order valence-corrected chi connectivity index (χ2v) is 6.84. The van der Waals surface area contributed by atoms with E-state index in [2.05, 4.69) is 25.1 Å². The molecule has 3 N–H and O–H groups in total. The quantitative estimate of drug-likeness (QED) is 0.472. The first-order valence-electron chi connectivity index (χ1n) is 8.76. The van der Waals surface area contributed by atoms with Gasteiger partial charge in [-0.25, -0.2) is 15.0 Å². The molecule has 3 heterocycles. The average molecular weight is 380 g/mol. The van der Waals surface area contributed by atoms with Gasteiger partial charge in [-0.1, -0.05) is 12.8 Å². The van der Waals surface area contributed by atoms with Gasteiger partial charge in [0.15, 0.2) is 23.6 Å². The molecule has 1 aliphatic heterocycles. The van der Waals surface area contributed by atoms with E-state index in [4.69, 9.17) is 4.74 Å². The summed E-state index contributed by atoms with van der Waals surface area (Å²) in [5, 5.41) is 33.1. The molecule has 12 nitrogen and oxygen atoms in total. The largest absolute Gasteiger partial charge is 0.387 e. The summed E-state index contributed by atoms with van der Waals surface area (Å²) >= 11 is 0. The third-order valence-corrected chi connectivity index (χ3v) is 5.03. The van der Waals surface area contributed by atoms with Crippen molar-refractivity contribution >= 4 is 17.0 Å². The maximum absolute atomic E-state index is 10.4. The number of hydrogen-bond donors (Lipinski definition) is 3. The van der Waals surface area contributed by atoms with Crippen LogP contribution in [-0.4, -0.2) is 59.4 Å². The molecule has 2 aromatic rings. The predicted octanol–water partition coefficient (Wildman–Crippen LogP) is 0.357. The van der Waals surface area contributed by atoms with Crippen LogP contribution < -0.4 is 5.32 Å². The Labute approximate surface area is 153 Å². The van der Waals surface area contributed by atoms with Crippen molar-refractivity contribution in [2.75, 3.05) is 11.9 Å². The van der Waals surface area contributed by atoms with Crippen molar-refractivity contribution in [3.63, 3.8) is 0 Å². The number of nitrogens with zero attached hydrogens (tertiary/aromatic N) is 5. The molecule has 0 amide bonds. The van der Waals surface area contributed by atoms with Crippen LogP contribution in [0.4, 0.5) is 5.82 Å². The Morgan fingerprint density at radius 3 is 2.93 bits per heavy atom. The van der Waals surface area contributed by atoms with E-state index in [0.717, 1.165) is 12.8 Å². The van der Waals surface area contributed by atoms with E-state index in [1.54, 1.807) is 4.57 Å². The molecule has 3 unspecified atom stereocenters. The number of anilines is 1. The molecule has 0 aromatic carbocycles. The van der Waals surface area contributed by atoms with E-state index in [-0.39, 0.29) is 6.42 Å². The van der Waals surface area contributed by atoms with Gasteiger partial charge >= 0.3 is 0 Å². The summed E-state index contributed by atoms with van der Waals surface area (Å²) < 4.78 is 7.02. The number of hydrogen-bond acceptors (Lipinski definition) is 10. The van der Waals surface area contributed by atoms with Crippen molar-refractivity contribution in [1.29, 1.82) is 0 Å². The minimum atomic E-state index is -2.19. The smallest absolute Gasteiger partial charge is 0.294 e. The summed E-state index contributed by atoms with van der Waals surface area (Å²) in [6, 6.07) is 0.349. The lowest BCUT2D eigenvalue weighted by molar-refractivity contribution is -0.763. The van der Waals surface area contributed by atoms with Gasteiger partial charge in [0.2, 0.25) is 5.79 Å². The highest BCUT2D eigenvalue weighted by Gasteiger charge is 2.49. The molecule has 0 radical (unpaired) electrons. The number of rotatable bonds is 6. The zero-order valence-electron chi connectivity index (χ0n) is 14.4. The maximum atomic E-state index is 10.4. The monoisotopic (exact) mass is 380 g/mol. The van der Waals surface area contributed by atoms with Gasteiger partial charge in [0.25, 0.3) is 5.09 Å². The molecular weight excluding hydrogens is 360 g/mol. The Hall–Kier alpha value is -2.57. The van der Waals surface area contributed by atoms with Crippen LogP contribution in [0.1, 0.15) is 38.3 Å². The Morgan fingerprint density at radius 2 is 2.19 bits per heavy atom. The zero-order chi connectivity index (χ0) is 19.0. The third kappa shape index (κ3) is 3.38. The van der Waals surface area contributed by atoms with Crippen molar-refractivity contribution in [1.82, 2.24) is 19.5 Å². The Kier molecular flexibility index (Phi) is 4.53. The fourth-order valence-corrected chi connectivity index (χ4v) is 3.61. The highest BCUT2D eigenvalue weighted by atomic mass is 17.0. The van der Waals surface area contributed by atoms with Crippen molar-refractivity contribution in [2.24, 2.45) is 0 Å². The van der Waals surface area contributed by atoms with Crippen molar-refractivity contribution in [3.8, 4) is 0 Å². The molecule has 0 spiro atoms. The highest BCUT2D eigenvalue weighted by molar-refractivity contribution is 5.82. The van der Waals surface area contributed by atoms with Gasteiger partial charge in [0.05, 0.1) is 6.33 Å². The summed E-state index contributed by atoms with van der Waals surface area (Å²) in [7, 11) is 0. The molecule has 4 rings (SSSR count). The second kappa shape index (κ2) is 6.87. The number of aromatic nitrogens is 4. The number of aliphatic hydroxyl groups excluding tert-OH is 1. The van der Waals surface area contributed by atoms with E-state index >= 15 is 0 Å². The van der Waals surface area contributed by atoms with Crippen LogP contribution in [0, 0.1) is 10.1 Å². The van der Waals surface area contributed by atoms with Crippen LogP contribution in [-0.2, 0) is 9.57 Å². The SMILES string of the molecule is O=[N+]([O-])OCC1(O)OC(n2cnc3c(NC4CCCC4)ncnc32)CC1O. The van der Waals surface area contributed by atoms with Gasteiger partial charge in [-0.2, -0.15) is 0 Å². The molecule has 0 bridgehead atoms. The van der Waals surface area contributed by atoms with Crippen LogP contribution >= 0.6 is 0 Å². The lowest BCUT2D eigenvalue weighted by atomic mass is 10.1. The predicted molar refractivity (Wildman–Crippen MR) is 89.8 cm³/mol. The summed E-state index contributed by atoms with van der Waals surface area (Å²) in [6.45, 7) is -0.798. The van der Waals surface area contributed by atoms with Crippen molar-refractivity contribution < 1.29 is 24.9 Å². The van der Waals surface area contributed by atoms with Crippen LogP contribution in [0.25, 0.3) is 11.2 Å². The minimum Gasteiger partial charge on any atom is -0.387 e. The molecule has 2 aromatic heterocycles. The second-order valence-electron chi connectivity index (χ2n) is 6.84. The normalized spacial score (nSPS) is 28.7. The zero-order valence-corrected chi connectivity index (χ0v) is 14.4. The van der Waals surface area contributed by atoms with Crippen LogP contribution in [0.3, 0.4) is 0 Å². The summed E-state index contributed by atoms with van der Waals surface area (Å²) in [5.74, 6) is -1.57. The first-order chi connectivity index (χ1) is 13.0. The Morgan fingerprint density at radius 1 is 1.41 bits per heavy atom. The number of imidazole rings is 1. The lowest BCUT2D eigenvalue weighted by Crippen LogP contribution is -2.44. The van der Waals surface area contributed by atoms with Crippen molar-refractivity contribution in [2.45, 2.75) is 56.3 Å². The fraction of sp³-hybridized carbons (Fsp3) is 0.667. The first-order valence-corrected chi connectivity index (χ1v) is 8.76. The molecule has 1 aliphatic carbocycles. The fourth-order valence-electron chi connectivity index (χ4n) is 3.61. The third-order valence-electron chi connectivity index (χ3n) is 5.03. The van der Waals surface area contributed by atoms with Gasteiger partial charge in [-0.15, -0.1) is 10.1 Å². The minimum absolute atomic E-state index is 0.00156. The van der Waals surface area contributed by atoms with E-state index < -0.39 is 29.8 Å². The van der Waals surface area contributed by atoms with Gasteiger partial charge in [-0.05, 0) is 12.8 Å². The van der Waals surface area contributed by atoms with E-state index in [1.165, 1.54) is 25.5 Å². The summed E-state index contributed by atoms with van der Waals surface area (Å²) in [5.41, 5.74) is 1.03. The standard InChI is InChI=1S/C15H20N6O6/c22-10-5-11(27-15(10,23)6-26-21(24)25)20-8-18-12-13(16-7-17-14(12)20)19-9-3-1-2-4-9/h7-11,22-23H,1-6H2,(H,16,17,19). The van der Waals surface area contributed by atoms with E-state index in [9.17, 15) is 20.3 Å². The molecular formula is C15H20N6O6. The number of ether oxygens (including phenoxy) is 1. The van der Waals surface area contributed by atoms with Crippen molar-refractivity contribution in [3.05, 3.63) is 22.8 Å². The summed E-state index contributed by atoms with van der Waals surface area (Å²) in [6.07, 6.45) is 5.23. The first kappa shape index (κ1) is 17.8. The Bertz CT molecular complexity index is 839. The van der Waals surface area contributed by atoms with Gasteiger partial charge in [0.1, 0.15) is 18.7 Å². The molecule has 146 valence electrons. The molecule has 12 heteroatoms. The highest BCUT2D eigenvalue weighted by Crippen LogP contribution is 2.37. The van der Waals surface area contributed by atoms with Crippen LogP contribution in [0.15, 0.2) is 12.7 Å². The number of nitrogens with one attached hydrogen (secondary N) is 1.